The van der Waals surface area contributed by atoms with Crippen LogP contribution in [0.1, 0.15) is 46.0 Å². The third-order valence-corrected chi connectivity index (χ3v) is 4.19. The zero-order valence-electron chi connectivity index (χ0n) is 11.2. The van der Waals surface area contributed by atoms with Crippen molar-refractivity contribution in [3.8, 4) is 0 Å². The molecule has 0 bridgehead atoms. The van der Waals surface area contributed by atoms with Gasteiger partial charge in [0.05, 0.1) is 12.5 Å². The highest BCUT2D eigenvalue weighted by Crippen LogP contribution is 2.39. The lowest BCUT2D eigenvalue weighted by molar-refractivity contribution is -0.152. The first-order valence-corrected chi connectivity index (χ1v) is 7.02. The molecule has 0 aromatic carbocycles. The van der Waals surface area contributed by atoms with Crippen LogP contribution in [0.25, 0.3) is 0 Å². The van der Waals surface area contributed by atoms with Gasteiger partial charge in [-0.1, -0.05) is 26.2 Å². The molecule has 0 N–H and O–H groups in total. The van der Waals surface area contributed by atoms with Gasteiger partial charge in [0.2, 0.25) is 0 Å². The molecule has 0 aromatic heterocycles. The molecular weight excluding hydrogens is 232 g/mol. The minimum Gasteiger partial charge on any atom is -0.466 e. The van der Waals surface area contributed by atoms with Crippen LogP contribution in [-0.2, 0) is 19.1 Å². The first kappa shape index (κ1) is 13.4. The maximum atomic E-state index is 12.0. The van der Waals surface area contributed by atoms with Crippen LogP contribution in [0.4, 0.5) is 0 Å². The second-order valence-corrected chi connectivity index (χ2v) is 5.37. The summed E-state index contributed by atoms with van der Waals surface area (Å²) in [6.07, 6.45) is 5.44. The summed E-state index contributed by atoms with van der Waals surface area (Å²) in [6.45, 7) is 3.91. The van der Waals surface area contributed by atoms with Gasteiger partial charge in [-0.05, 0) is 25.7 Å². The van der Waals surface area contributed by atoms with Crippen molar-refractivity contribution in [1.82, 2.24) is 0 Å². The van der Waals surface area contributed by atoms with Crippen LogP contribution in [0.2, 0.25) is 0 Å². The highest BCUT2D eigenvalue weighted by molar-refractivity contribution is 5.85. The zero-order chi connectivity index (χ0) is 13.1. The number of carbonyl (C=O) groups excluding carboxylic acids is 2. The van der Waals surface area contributed by atoms with Gasteiger partial charge in [0, 0.05) is 0 Å². The van der Waals surface area contributed by atoms with Crippen molar-refractivity contribution < 1.29 is 19.1 Å². The van der Waals surface area contributed by atoms with Crippen molar-refractivity contribution in [3.05, 3.63) is 0 Å². The molecule has 18 heavy (non-hydrogen) atoms. The molecule has 1 saturated carbocycles. The van der Waals surface area contributed by atoms with Crippen LogP contribution in [0.15, 0.2) is 0 Å². The molecule has 1 saturated heterocycles. The standard InChI is InChI=1S/C14H22O4/c1-3-17-14(16)11-9(2)13(15)18-12(11)10-7-5-4-6-8-10/h9-12H,3-8H2,1-2H3/t9-,11-,12+/m1/s1. The van der Waals surface area contributed by atoms with Crippen LogP contribution in [-0.4, -0.2) is 24.6 Å². The molecular formula is C14H22O4. The van der Waals surface area contributed by atoms with E-state index in [0.717, 1.165) is 12.8 Å². The van der Waals surface area contributed by atoms with Gasteiger partial charge in [-0.3, -0.25) is 9.59 Å². The lowest BCUT2D eigenvalue weighted by Gasteiger charge is -2.29. The Hall–Kier alpha value is -1.06. The van der Waals surface area contributed by atoms with Crippen LogP contribution in [0, 0.1) is 17.8 Å². The third kappa shape index (κ3) is 2.52. The molecule has 0 aromatic rings. The van der Waals surface area contributed by atoms with Crippen LogP contribution in [0.5, 0.6) is 0 Å². The minimum atomic E-state index is -0.402. The fraction of sp³-hybridized carbons (Fsp3) is 0.857. The van der Waals surface area contributed by atoms with Crippen LogP contribution >= 0.6 is 0 Å². The Morgan fingerprint density at radius 3 is 2.61 bits per heavy atom. The average molecular weight is 254 g/mol. The molecule has 2 fully saturated rings. The Morgan fingerprint density at radius 1 is 1.33 bits per heavy atom. The summed E-state index contributed by atoms with van der Waals surface area (Å²) in [4.78, 5) is 23.7. The number of ether oxygens (including phenoxy) is 2. The summed E-state index contributed by atoms with van der Waals surface area (Å²) in [6, 6.07) is 0. The number of rotatable bonds is 3. The first-order chi connectivity index (χ1) is 8.65. The second kappa shape index (κ2) is 5.72. The van der Waals surface area contributed by atoms with Crippen molar-refractivity contribution in [2.24, 2.45) is 17.8 Å². The molecule has 4 nitrogen and oxygen atoms in total. The van der Waals surface area contributed by atoms with E-state index in [4.69, 9.17) is 9.47 Å². The summed E-state index contributed by atoms with van der Waals surface area (Å²) in [7, 11) is 0. The zero-order valence-corrected chi connectivity index (χ0v) is 11.2. The molecule has 1 heterocycles. The quantitative estimate of drug-likeness (QED) is 0.725. The summed E-state index contributed by atoms with van der Waals surface area (Å²) < 4.78 is 10.5. The number of hydrogen-bond donors (Lipinski definition) is 0. The fourth-order valence-electron chi connectivity index (χ4n) is 3.17. The van der Waals surface area contributed by atoms with Gasteiger partial charge < -0.3 is 9.47 Å². The van der Waals surface area contributed by atoms with E-state index >= 15 is 0 Å². The van der Waals surface area contributed by atoms with Crippen molar-refractivity contribution in [3.63, 3.8) is 0 Å². The summed E-state index contributed by atoms with van der Waals surface area (Å²) in [5.41, 5.74) is 0. The molecule has 1 aliphatic heterocycles. The van der Waals surface area contributed by atoms with E-state index < -0.39 is 5.92 Å². The highest BCUT2D eigenvalue weighted by Gasteiger charge is 2.50. The molecule has 4 heteroatoms. The van der Waals surface area contributed by atoms with Gasteiger partial charge in [-0.25, -0.2) is 0 Å². The van der Waals surface area contributed by atoms with E-state index in [1.165, 1.54) is 19.3 Å². The second-order valence-electron chi connectivity index (χ2n) is 5.37. The predicted molar refractivity (Wildman–Crippen MR) is 65.7 cm³/mol. The van der Waals surface area contributed by atoms with Crippen molar-refractivity contribution in [1.29, 1.82) is 0 Å². The molecule has 0 unspecified atom stereocenters. The van der Waals surface area contributed by atoms with E-state index in [9.17, 15) is 9.59 Å². The molecule has 0 spiro atoms. The van der Waals surface area contributed by atoms with E-state index in [1.54, 1.807) is 13.8 Å². The molecule has 2 rings (SSSR count). The van der Waals surface area contributed by atoms with Gasteiger partial charge in [0.25, 0.3) is 0 Å². The van der Waals surface area contributed by atoms with Gasteiger partial charge in [-0.2, -0.15) is 0 Å². The Balaban J connectivity index is 2.10. The summed E-state index contributed by atoms with van der Waals surface area (Å²) >= 11 is 0. The molecule has 2 aliphatic rings. The third-order valence-electron chi connectivity index (χ3n) is 4.19. The Bertz CT molecular complexity index is 320. The summed E-state index contributed by atoms with van der Waals surface area (Å²) in [5.74, 6) is -0.950. The number of carbonyl (C=O) groups is 2. The SMILES string of the molecule is CCOC(=O)[C@@H]1[C@@H](C)C(=O)O[C@H]1C1CCCCC1. The van der Waals surface area contributed by atoms with E-state index in [1.807, 2.05) is 0 Å². The molecule has 102 valence electrons. The monoisotopic (exact) mass is 254 g/mol. The van der Waals surface area contributed by atoms with E-state index in [2.05, 4.69) is 0 Å². The molecule has 0 amide bonds. The van der Waals surface area contributed by atoms with Crippen molar-refractivity contribution in [2.45, 2.75) is 52.1 Å². The van der Waals surface area contributed by atoms with Crippen LogP contribution in [0.3, 0.4) is 0 Å². The summed E-state index contributed by atoms with van der Waals surface area (Å²) in [5, 5.41) is 0. The fourth-order valence-corrected chi connectivity index (χ4v) is 3.17. The topological polar surface area (TPSA) is 52.6 Å². The van der Waals surface area contributed by atoms with Crippen molar-refractivity contribution in [2.75, 3.05) is 6.61 Å². The minimum absolute atomic E-state index is 0.247. The normalized spacial score (nSPS) is 33.2. The lowest BCUT2D eigenvalue weighted by atomic mass is 9.78. The molecule has 3 atom stereocenters. The maximum absolute atomic E-state index is 12.0. The smallest absolute Gasteiger partial charge is 0.313 e. The number of esters is 2. The number of cyclic esters (lactones) is 1. The highest BCUT2D eigenvalue weighted by atomic mass is 16.6. The van der Waals surface area contributed by atoms with Gasteiger partial charge in [-0.15, -0.1) is 0 Å². The average Bonchev–Trinajstić information content (AvgIpc) is 2.67. The maximum Gasteiger partial charge on any atom is 0.313 e. The van der Waals surface area contributed by atoms with Gasteiger partial charge >= 0.3 is 11.9 Å². The Labute approximate surface area is 108 Å². The Kier molecular flexibility index (Phi) is 4.25. The Morgan fingerprint density at radius 2 is 2.00 bits per heavy atom. The van der Waals surface area contributed by atoms with Crippen molar-refractivity contribution >= 4 is 11.9 Å². The number of hydrogen-bond acceptors (Lipinski definition) is 4. The molecule has 0 radical (unpaired) electrons. The van der Waals surface area contributed by atoms with E-state index in [0.29, 0.717) is 12.5 Å². The first-order valence-electron chi connectivity index (χ1n) is 7.02. The van der Waals surface area contributed by atoms with E-state index in [-0.39, 0.29) is 24.0 Å². The predicted octanol–water partition coefficient (Wildman–Crippen LogP) is 2.31. The van der Waals surface area contributed by atoms with Gasteiger partial charge in [0.1, 0.15) is 12.0 Å². The lowest BCUT2D eigenvalue weighted by Crippen LogP contribution is -2.35. The largest absolute Gasteiger partial charge is 0.466 e. The van der Waals surface area contributed by atoms with Crippen LogP contribution < -0.4 is 0 Å². The molecule has 1 aliphatic carbocycles. The van der Waals surface area contributed by atoms with Gasteiger partial charge in [0.15, 0.2) is 0 Å².